The van der Waals surface area contributed by atoms with Crippen LogP contribution in [-0.4, -0.2) is 31.0 Å². The zero-order valence-electron chi connectivity index (χ0n) is 10.4. The van der Waals surface area contributed by atoms with Gasteiger partial charge in [0, 0.05) is 31.9 Å². The van der Waals surface area contributed by atoms with Gasteiger partial charge in [0.1, 0.15) is 11.8 Å². The molecule has 0 bridgehead atoms. The Balaban J connectivity index is 3.33. The van der Waals surface area contributed by atoms with Crippen LogP contribution in [0.2, 0.25) is 0 Å². The topological polar surface area (TPSA) is 79.4 Å². The largest absolute Gasteiger partial charge is 0.496 e. The molecule has 0 heterocycles. The lowest BCUT2D eigenvalue weighted by Crippen LogP contribution is -2.03. The first-order valence-electron chi connectivity index (χ1n) is 5.10. The molecule has 0 N–H and O–H groups in total. The van der Waals surface area contributed by atoms with Crippen molar-refractivity contribution in [2.24, 2.45) is 0 Å². The summed E-state index contributed by atoms with van der Waals surface area (Å²) in [6, 6.07) is 6.20. The number of rotatable bonds is 4. The highest BCUT2D eigenvalue weighted by atomic mass is 16.6. The summed E-state index contributed by atoms with van der Waals surface area (Å²) in [4.78, 5) is 11.9. The minimum absolute atomic E-state index is 0.0715. The summed E-state index contributed by atoms with van der Waals surface area (Å²) >= 11 is 0. The zero-order valence-corrected chi connectivity index (χ0v) is 10.4. The van der Waals surface area contributed by atoms with Gasteiger partial charge < -0.3 is 9.64 Å². The Labute approximate surface area is 105 Å². The second-order valence-electron chi connectivity index (χ2n) is 3.76. The minimum atomic E-state index is -0.506. The van der Waals surface area contributed by atoms with E-state index in [0.717, 1.165) is 0 Å². The normalized spacial score (nSPS) is 10.7. The highest BCUT2D eigenvalue weighted by molar-refractivity contribution is 5.80. The first kappa shape index (κ1) is 13.5. The molecule has 6 heteroatoms. The van der Waals surface area contributed by atoms with Crippen LogP contribution in [0.15, 0.2) is 24.4 Å². The summed E-state index contributed by atoms with van der Waals surface area (Å²) in [5.74, 6) is 0.304. The molecule has 0 unspecified atom stereocenters. The minimum Gasteiger partial charge on any atom is -0.496 e. The fourth-order valence-corrected chi connectivity index (χ4v) is 1.43. The number of nitrogens with zero attached hydrogens (tertiary/aromatic N) is 3. The van der Waals surface area contributed by atoms with Crippen molar-refractivity contribution in [3.8, 4) is 11.8 Å². The molecule has 94 valence electrons. The van der Waals surface area contributed by atoms with Crippen molar-refractivity contribution in [3.63, 3.8) is 0 Å². The molecule has 0 spiro atoms. The van der Waals surface area contributed by atoms with Crippen LogP contribution < -0.4 is 4.74 Å². The van der Waals surface area contributed by atoms with Gasteiger partial charge in [-0.25, -0.2) is 0 Å². The van der Waals surface area contributed by atoms with Gasteiger partial charge in [0.05, 0.1) is 23.7 Å². The Kier molecular flexibility index (Phi) is 4.27. The highest BCUT2D eigenvalue weighted by Crippen LogP contribution is 2.29. The smallest absolute Gasteiger partial charge is 0.273 e. The Hall–Kier alpha value is -2.55. The number of nitro groups is 1. The van der Waals surface area contributed by atoms with Crippen LogP contribution >= 0.6 is 0 Å². The molecule has 1 rings (SSSR count). The van der Waals surface area contributed by atoms with E-state index >= 15 is 0 Å². The van der Waals surface area contributed by atoms with Crippen molar-refractivity contribution in [3.05, 3.63) is 40.1 Å². The molecular weight excluding hydrogens is 234 g/mol. The maximum atomic E-state index is 10.7. The van der Waals surface area contributed by atoms with Gasteiger partial charge in [-0.2, -0.15) is 5.26 Å². The van der Waals surface area contributed by atoms with Gasteiger partial charge in [-0.15, -0.1) is 0 Å². The van der Waals surface area contributed by atoms with E-state index in [1.807, 2.05) is 6.07 Å². The van der Waals surface area contributed by atoms with Crippen LogP contribution in [0.4, 0.5) is 5.69 Å². The average molecular weight is 247 g/mol. The summed E-state index contributed by atoms with van der Waals surface area (Å²) in [5, 5.41) is 19.8. The molecule has 1 aromatic rings. The number of non-ortho nitro benzene ring substituents is 1. The van der Waals surface area contributed by atoms with Crippen molar-refractivity contribution < 1.29 is 9.66 Å². The number of hydrogen-bond donors (Lipinski definition) is 0. The summed E-state index contributed by atoms with van der Waals surface area (Å²) in [7, 11) is 4.98. The van der Waals surface area contributed by atoms with Crippen molar-refractivity contribution in [1.82, 2.24) is 4.90 Å². The van der Waals surface area contributed by atoms with E-state index in [0.29, 0.717) is 16.9 Å². The van der Waals surface area contributed by atoms with Crippen molar-refractivity contribution in [2.75, 3.05) is 21.2 Å². The van der Waals surface area contributed by atoms with Gasteiger partial charge >= 0.3 is 0 Å². The van der Waals surface area contributed by atoms with Crippen molar-refractivity contribution >= 4 is 11.3 Å². The fourth-order valence-electron chi connectivity index (χ4n) is 1.43. The number of ether oxygens (including phenoxy) is 1. The zero-order chi connectivity index (χ0) is 13.7. The maximum absolute atomic E-state index is 10.7. The standard InChI is InChI=1S/C12H13N3O3/c1-14(2)8-9(7-13)11-5-4-10(15(16)17)6-12(11)18-3/h4-6,8H,1-3H3/b9-8+. The number of nitriles is 1. The lowest BCUT2D eigenvalue weighted by Gasteiger charge is -2.10. The summed E-state index contributed by atoms with van der Waals surface area (Å²) in [6.07, 6.45) is 1.63. The molecule has 0 aliphatic heterocycles. The van der Waals surface area contributed by atoms with Crippen LogP contribution in [0.1, 0.15) is 5.56 Å². The van der Waals surface area contributed by atoms with Crippen molar-refractivity contribution in [1.29, 1.82) is 5.26 Å². The third-order valence-corrected chi connectivity index (χ3v) is 2.19. The highest BCUT2D eigenvalue weighted by Gasteiger charge is 2.14. The van der Waals surface area contributed by atoms with Crippen LogP contribution in [0.5, 0.6) is 5.75 Å². The van der Waals surface area contributed by atoms with Gasteiger partial charge in [0.15, 0.2) is 0 Å². The predicted octanol–water partition coefficient (Wildman–Crippen LogP) is 2.03. The number of methoxy groups -OCH3 is 1. The quantitative estimate of drug-likeness (QED) is 0.462. The molecule has 0 amide bonds. The Morgan fingerprint density at radius 2 is 2.22 bits per heavy atom. The van der Waals surface area contributed by atoms with Gasteiger partial charge in [0.2, 0.25) is 0 Å². The average Bonchev–Trinajstić information content (AvgIpc) is 2.34. The molecule has 0 fully saturated rings. The second-order valence-corrected chi connectivity index (χ2v) is 3.76. The summed E-state index contributed by atoms with van der Waals surface area (Å²) in [5.41, 5.74) is 0.837. The van der Waals surface area contributed by atoms with E-state index in [9.17, 15) is 10.1 Å². The van der Waals surface area contributed by atoms with Crippen LogP contribution in [0.25, 0.3) is 5.57 Å². The molecule has 18 heavy (non-hydrogen) atoms. The number of nitro benzene ring substituents is 1. The van der Waals surface area contributed by atoms with Gasteiger partial charge in [-0.3, -0.25) is 10.1 Å². The molecule has 0 saturated heterocycles. The molecule has 0 aromatic heterocycles. The lowest BCUT2D eigenvalue weighted by molar-refractivity contribution is -0.384. The number of benzene rings is 1. The van der Waals surface area contributed by atoms with Crippen LogP contribution in [0, 0.1) is 21.4 Å². The van der Waals surface area contributed by atoms with E-state index < -0.39 is 4.92 Å². The second kappa shape index (κ2) is 5.68. The van der Waals surface area contributed by atoms with E-state index in [2.05, 4.69) is 0 Å². The van der Waals surface area contributed by atoms with E-state index in [1.54, 1.807) is 25.2 Å². The van der Waals surface area contributed by atoms with Gasteiger partial charge in [-0.05, 0) is 6.07 Å². The molecule has 0 aliphatic carbocycles. The third kappa shape index (κ3) is 2.98. The third-order valence-electron chi connectivity index (χ3n) is 2.19. The molecule has 0 atom stereocenters. The molecule has 1 aromatic carbocycles. The van der Waals surface area contributed by atoms with E-state index in [4.69, 9.17) is 10.00 Å². The molecule has 0 saturated carbocycles. The number of hydrogen-bond acceptors (Lipinski definition) is 5. The van der Waals surface area contributed by atoms with Crippen LogP contribution in [0.3, 0.4) is 0 Å². The summed E-state index contributed by atoms with van der Waals surface area (Å²) in [6.45, 7) is 0. The molecule has 0 radical (unpaired) electrons. The Morgan fingerprint density at radius 3 is 2.67 bits per heavy atom. The molecular formula is C12H13N3O3. The Morgan fingerprint density at radius 1 is 1.56 bits per heavy atom. The Bertz CT molecular complexity index is 530. The van der Waals surface area contributed by atoms with Gasteiger partial charge in [0.25, 0.3) is 5.69 Å². The fraction of sp³-hybridized carbons (Fsp3) is 0.250. The monoisotopic (exact) mass is 247 g/mol. The first-order valence-corrected chi connectivity index (χ1v) is 5.10. The first-order chi connectivity index (χ1) is 8.49. The van der Waals surface area contributed by atoms with E-state index in [-0.39, 0.29) is 5.69 Å². The van der Waals surface area contributed by atoms with Gasteiger partial charge in [-0.1, -0.05) is 0 Å². The van der Waals surface area contributed by atoms with Crippen molar-refractivity contribution in [2.45, 2.75) is 0 Å². The maximum Gasteiger partial charge on any atom is 0.273 e. The summed E-state index contributed by atoms with van der Waals surface area (Å²) < 4.78 is 5.09. The molecule has 6 nitrogen and oxygen atoms in total. The SMILES string of the molecule is COc1cc([N+](=O)[O-])ccc1/C(C#N)=C/N(C)C. The lowest BCUT2D eigenvalue weighted by atomic mass is 10.1. The predicted molar refractivity (Wildman–Crippen MR) is 66.9 cm³/mol. The van der Waals surface area contributed by atoms with E-state index in [1.165, 1.54) is 25.3 Å². The molecule has 0 aliphatic rings. The van der Waals surface area contributed by atoms with Crippen LogP contribution in [-0.2, 0) is 0 Å². The number of allylic oxidation sites excluding steroid dienone is 1.